The summed E-state index contributed by atoms with van der Waals surface area (Å²) in [6.45, 7) is 2.44. The van der Waals surface area contributed by atoms with E-state index in [1.54, 1.807) is 18.7 Å². The van der Waals surface area contributed by atoms with E-state index in [-0.39, 0.29) is 18.1 Å². The van der Waals surface area contributed by atoms with E-state index in [1.165, 1.54) is 6.40 Å². The van der Waals surface area contributed by atoms with Crippen LogP contribution in [0.3, 0.4) is 0 Å². The maximum absolute atomic E-state index is 12.4. The highest BCUT2D eigenvalue weighted by atomic mass is 35.5. The second kappa shape index (κ2) is 9.11. The Balaban J connectivity index is 0.00000245. The first kappa shape index (κ1) is 21.4. The molecule has 1 fully saturated rings. The van der Waals surface area contributed by atoms with E-state index < -0.39 is 5.97 Å². The zero-order valence-corrected chi connectivity index (χ0v) is 17.8. The van der Waals surface area contributed by atoms with Crippen molar-refractivity contribution in [2.24, 2.45) is 4.99 Å². The number of cyclic esters (lactones) is 1. The third-order valence-corrected chi connectivity index (χ3v) is 5.36. The van der Waals surface area contributed by atoms with Gasteiger partial charge in [0.2, 0.25) is 0 Å². The summed E-state index contributed by atoms with van der Waals surface area (Å²) < 4.78 is 10.4. The Labute approximate surface area is 190 Å². The monoisotopic (exact) mass is 452 g/mol. The van der Waals surface area contributed by atoms with Gasteiger partial charge in [-0.25, -0.2) is 14.8 Å². The van der Waals surface area contributed by atoms with Gasteiger partial charge in [-0.15, -0.1) is 12.4 Å². The summed E-state index contributed by atoms with van der Waals surface area (Å²) in [5.41, 5.74) is 1.87. The Kier molecular flexibility index (Phi) is 6.09. The first-order valence-electron chi connectivity index (χ1n) is 9.90. The fourth-order valence-electron chi connectivity index (χ4n) is 3.83. The molecule has 0 bridgehead atoms. The number of hydrogen-bond donors (Lipinski definition) is 2. The number of aromatic nitrogens is 1. The molecule has 0 amide bonds. The number of piperazine rings is 1. The molecule has 0 saturated carbocycles. The predicted molar refractivity (Wildman–Crippen MR) is 124 cm³/mol. The van der Waals surface area contributed by atoms with E-state index in [0.717, 1.165) is 22.0 Å². The van der Waals surface area contributed by atoms with Crippen LogP contribution in [-0.2, 0) is 9.53 Å². The fourth-order valence-corrected chi connectivity index (χ4v) is 3.83. The lowest BCUT2D eigenvalue weighted by atomic mass is 10.0. The molecular weight excluding hydrogens is 432 g/mol. The lowest BCUT2D eigenvalue weighted by Crippen LogP contribution is -2.49. The first-order chi connectivity index (χ1) is 15.2. The summed E-state index contributed by atoms with van der Waals surface area (Å²) in [5.74, 6) is 0.456. The molecule has 32 heavy (non-hydrogen) atoms. The Hall–Kier alpha value is -3.85. The number of carbonyl (C=O) groups is 1. The number of halogens is 1. The van der Waals surface area contributed by atoms with Gasteiger partial charge in [-0.1, -0.05) is 24.3 Å². The number of hydrogen-bond acceptors (Lipinski definition) is 7. The first-order valence-corrected chi connectivity index (χ1v) is 9.90. The van der Waals surface area contributed by atoms with Gasteiger partial charge in [-0.2, -0.15) is 0 Å². The van der Waals surface area contributed by atoms with Crippen LogP contribution in [0, 0.1) is 5.41 Å². The van der Waals surface area contributed by atoms with E-state index >= 15 is 0 Å². The molecule has 1 saturated heterocycles. The van der Waals surface area contributed by atoms with E-state index in [4.69, 9.17) is 14.6 Å². The topological polar surface area (TPSA) is 107 Å². The number of fused-ring (bicyclic) bond motifs is 1. The molecule has 3 aromatic rings. The molecule has 0 radical (unpaired) electrons. The second-order valence-corrected chi connectivity index (χ2v) is 7.18. The summed E-state index contributed by atoms with van der Waals surface area (Å²) in [4.78, 5) is 24.8. The molecule has 10 heteroatoms. The largest absolute Gasteiger partial charge is 0.471 e. The molecule has 9 nitrogen and oxygen atoms in total. The smallest absolute Gasteiger partial charge is 0.365 e. The van der Waals surface area contributed by atoms with Gasteiger partial charge in [-0.05, 0) is 12.1 Å². The highest BCUT2D eigenvalue weighted by Crippen LogP contribution is 2.33. The zero-order chi connectivity index (χ0) is 21.2. The average molecular weight is 453 g/mol. The van der Waals surface area contributed by atoms with Crippen LogP contribution in [0.4, 0.5) is 5.82 Å². The quantitative estimate of drug-likeness (QED) is 0.272. The third kappa shape index (κ3) is 4.02. The van der Waals surface area contributed by atoms with Crippen LogP contribution in [0.15, 0.2) is 70.2 Å². The number of aliphatic imine (C=N–C) groups is 1. The van der Waals surface area contributed by atoms with Crippen LogP contribution in [0.1, 0.15) is 5.56 Å². The lowest BCUT2D eigenvalue weighted by Gasteiger charge is -2.38. The number of furan rings is 1. The molecule has 5 rings (SSSR count). The Morgan fingerprint density at radius 2 is 1.84 bits per heavy atom. The van der Waals surface area contributed by atoms with E-state index in [0.29, 0.717) is 38.0 Å². The molecule has 0 aliphatic carbocycles. The second-order valence-electron chi connectivity index (χ2n) is 7.18. The number of esters is 1. The Morgan fingerprint density at radius 3 is 2.56 bits per heavy atom. The van der Waals surface area contributed by atoms with Crippen molar-refractivity contribution in [3.63, 3.8) is 0 Å². The zero-order valence-electron chi connectivity index (χ0n) is 17.0. The van der Waals surface area contributed by atoms with E-state index in [1.807, 2.05) is 41.3 Å². The number of nitrogens with one attached hydrogen (secondary N) is 2. The number of nitrogens with zero attached hydrogens (tertiary/aromatic N) is 4. The van der Waals surface area contributed by atoms with Gasteiger partial charge in [-0.3, -0.25) is 5.41 Å². The van der Waals surface area contributed by atoms with Crippen molar-refractivity contribution in [2.75, 3.05) is 31.5 Å². The highest BCUT2D eigenvalue weighted by Gasteiger charge is 2.30. The van der Waals surface area contributed by atoms with Gasteiger partial charge < -0.3 is 24.3 Å². The minimum atomic E-state index is -0.470. The number of anilines is 1. The SMILES string of the molecule is Cl.N=C(Nc1ccccn1)N1CCN(/C(=C2\N=COC2=O)c2cccc3cocc23)CC1. The van der Waals surface area contributed by atoms with Gasteiger partial charge in [0.15, 0.2) is 18.1 Å². The standard InChI is InChI=1S/C22H20N6O3.ClH/c23-22(26-18-6-1-2-7-24-18)28-10-8-27(9-11-28)20(19-21(29)31-14-25-19)16-5-3-4-15-12-30-13-17(15)16;/h1-7,12-14H,8-11H2,(H2,23,24,26);1H/b20-19-;. The number of benzene rings is 1. The minimum absolute atomic E-state index is 0. The van der Waals surface area contributed by atoms with Crippen molar-refractivity contribution in [1.29, 1.82) is 5.41 Å². The average Bonchev–Trinajstić information content (AvgIpc) is 3.45. The van der Waals surface area contributed by atoms with Crippen molar-refractivity contribution < 1.29 is 13.9 Å². The van der Waals surface area contributed by atoms with Crippen molar-refractivity contribution in [1.82, 2.24) is 14.8 Å². The number of ether oxygens (including phenoxy) is 1. The number of guanidine groups is 1. The minimum Gasteiger partial charge on any atom is -0.471 e. The molecule has 0 atom stereocenters. The van der Waals surface area contributed by atoms with Gasteiger partial charge in [0.25, 0.3) is 0 Å². The molecule has 2 aliphatic heterocycles. The van der Waals surface area contributed by atoms with Gasteiger partial charge in [0.1, 0.15) is 5.82 Å². The molecule has 164 valence electrons. The van der Waals surface area contributed by atoms with Crippen LogP contribution in [0.5, 0.6) is 0 Å². The molecular formula is C22H21ClN6O3. The summed E-state index contributed by atoms with van der Waals surface area (Å²) in [6.07, 6.45) is 6.22. The fraction of sp³-hybridized carbons (Fsp3) is 0.182. The molecule has 4 heterocycles. The number of carbonyl (C=O) groups excluding carboxylic acids is 1. The molecule has 2 aliphatic rings. The lowest BCUT2D eigenvalue weighted by molar-refractivity contribution is -0.129. The molecule has 2 N–H and O–H groups in total. The van der Waals surface area contributed by atoms with Crippen molar-refractivity contribution in [3.05, 3.63) is 66.4 Å². The van der Waals surface area contributed by atoms with Crippen molar-refractivity contribution in [2.45, 2.75) is 0 Å². The normalized spacial score (nSPS) is 17.2. The summed E-state index contributed by atoms with van der Waals surface area (Å²) in [5, 5.41) is 13.3. The van der Waals surface area contributed by atoms with Crippen LogP contribution in [0.2, 0.25) is 0 Å². The van der Waals surface area contributed by atoms with Crippen molar-refractivity contribution >= 4 is 53.0 Å². The molecule has 0 spiro atoms. The van der Waals surface area contributed by atoms with E-state index in [2.05, 4.69) is 20.2 Å². The number of rotatable bonds is 3. The molecule has 0 unspecified atom stereocenters. The van der Waals surface area contributed by atoms with E-state index in [9.17, 15) is 4.79 Å². The maximum Gasteiger partial charge on any atom is 0.365 e. The third-order valence-electron chi connectivity index (χ3n) is 5.36. The van der Waals surface area contributed by atoms with Gasteiger partial charge >= 0.3 is 5.97 Å². The summed E-state index contributed by atoms with van der Waals surface area (Å²) >= 11 is 0. The summed E-state index contributed by atoms with van der Waals surface area (Å²) in [6, 6.07) is 11.4. The van der Waals surface area contributed by atoms with Crippen LogP contribution >= 0.6 is 12.4 Å². The Morgan fingerprint density at radius 1 is 1.03 bits per heavy atom. The molecule has 1 aromatic carbocycles. The van der Waals surface area contributed by atoms with Gasteiger partial charge in [0.05, 0.1) is 18.2 Å². The predicted octanol–water partition coefficient (Wildman–Crippen LogP) is 3.17. The highest BCUT2D eigenvalue weighted by molar-refractivity contribution is 6.06. The molecule has 2 aromatic heterocycles. The Bertz CT molecular complexity index is 1200. The maximum atomic E-state index is 12.4. The van der Waals surface area contributed by atoms with Crippen LogP contribution in [0.25, 0.3) is 16.5 Å². The van der Waals surface area contributed by atoms with Crippen LogP contribution < -0.4 is 5.32 Å². The summed E-state index contributed by atoms with van der Waals surface area (Å²) in [7, 11) is 0. The van der Waals surface area contributed by atoms with Gasteiger partial charge in [0, 0.05) is 48.7 Å². The van der Waals surface area contributed by atoms with Crippen LogP contribution in [-0.4, -0.2) is 59.3 Å². The number of pyridine rings is 1. The van der Waals surface area contributed by atoms with Crippen molar-refractivity contribution in [3.8, 4) is 0 Å².